The van der Waals surface area contributed by atoms with Crippen LogP contribution in [0.25, 0.3) is 0 Å². The third kappa shape index (κ3) is 5.97. The number of rotatable bonds is 7. The van der Waals surface area contributed by atoms with E-state index < -0.39 is 0 Å². The van der Waals surface area contributed by atoms with Crippen molar-refractivity contribution < 1.29 is 9.53 Å². The first-order valence-electron chi connectivity index (χ1n) is 10.5. The van der Waals surface area contributed by atoms with E-state index >= 15 is 0 Å². The summed E-state index contributed by atoms with van der Waals surface area (Å²) in [4.78, 5) is 15.0. The van der Waals surface area contributed by atoms with Crippen LogP contribution in [0.4, 0.5) is 0 Å². The van der Waals surface area contributed by atoms with Crippen molar-refractivity contribution in [3.63, 3.8) is 0 Å². The van der Waals surface area contributed by atoms with Gasteiger partial charge in [-0.05, 0) is 68.6 Å². The molecule has 1 amide bonds. The minimum absolute atomic E-state index is 0.0134. The molecule has 1 heterocycles. The molecule has 1 saturated heterocycles. The maximum absolute atomic E-state index is 12.5. The molecule has 2 aromatic rings. The van der Waals surface area contributed by atoms with Crippen molar-refractivity contribution in [1.82, 2.24) is 10.2 Å². The molecule has 0 aliphatic carbocycles. The Balaban J connectivity index is 1.63. The lowest BCUT2D eigenvalue weighted by Gasteiger charge is -2.31. The molecule has 5 heteroatoms. The van der Waals surface area contributed by atoms with E-state index in [0.29, 0.717) is 6.54 Å². The Bertz CT molecular complexity index is 816. The number of nitrogens with one attached hydrogen (secondary N) is 1. The fourth-order valence-electron chi connectivity index (χ4n) is 3.87. The SMILES string of the molecule is Cc1cccc(OCC(=O)NC[C@H](c2ccccc2Cl)N2CCCCCC2)c1C. The summed E-state index contributed by atoms with van der Waals surface area (Å²) in [6.45, 7) is 6.65. The maximum Gasteiger partial charge on any atom is 0.258 e. The fraction of sp³-hybridized carbons (Fsp3) is 0.458. The van der Waals surface area contributed by atoms with E-state index in [-0.39, 0.29) is 18.6 Å². The van der Waals surface area contributed by atoms with E-state index in [0.717, 1.165) is 40.6 Å². The monoisotopic (exact) mass is 414 g/mol. The van der Waals surface area contributed by atoms with E-state index in [1.807, 2.05) is 50.2 Å². The van der Waals surface area contributed by atoms with Gasteiger partial charge in [-0.2, -0.15) is 0 Å². The lowest BCUT2D eigenvalue weighted by atomic mass is 10.0. The fourth-order valence-corrected chi connectivity index (χ4v) is 4.13. The van der Waals surface area contributed by atoms with Gasteiger partial charge in [0.15, 0.2) is 6.61 Å². The second kappa shape index (κ2) is 10.7. The second-order valence-electron chi connectivity index (χ2n) is 7.78. The third-order valence-corrected chi connectivity index (χ3v) is 6.10. The number of hydrogen-bond donors (Lipinski definition) is 1. The average Bonchev–Trinajstić information content (AvgIpc) is 3.00. The Labute approximate surface area is 179 Å². The number of carbonyl (C=O) groups excluding carboxylic acids is 1. The van der Waals surface area contributed by atoms with Crippen LogP contribution in [-0.2, 0) is 4.79 Å². The van der Waals surface area contributed by atoms with Gasteiger partial charge in [-0.1, -0.05) is 54.8 Å². The number of hydrogen-bond acceptors (Lipinski definition) is 3. The van der Waals surface area contributed by atoms with Crippen molar-refractivity contribution in [1.29, 1.82) is 0 Å². The Kier molecular flexibility index (Phi) is 7.96. The summed E-state index contributed by atoms with van der Waals surface area (Å²) in [7, 11) is 0. The largest absolute Gasteiger partial charge is 0.483 e. The number of ether oxygens (including phenoxy) is 1. The summed E-state index contributed by atoms with van der Waals surface area (Å²) >= 11 is 6.50. The first-order chi connectivity index (χ1) is 14.1. The minimum Gasteiger partial charge on any atom is -0.483 e. The van der Waals surface area contributed by atoms with Crippen molar-refractivity contribution in [3.05, 3.63) is 64.2 Å². The summed E-state index contributed by atoms with van der Waals surface area (Å²) in [5, 5.41) is 3.82. The number of nitrogens with zero attached hydrogens (tertiary/aromatic N) is 1. The minimum atomic E-state index is -0.113. The molecule has 1 atom stereocenters. The zero-order valence-corrected chi connectivity index (χ0v) is 18.2. The van der Waals surface area contributed by atoms with Gasteiger partial charge in [0.2, 0.25) is 0 Å². The highest BCUT2D eigenvalue weighted by Gasteiger charge is 2.24. The summed E-state index contributed by atoms with van der Waals surface area (Å²) in [6.07, 6.45) is 4.90. The molecule has 156 valence electrons. The first-order valence-corrected chi connectivity index (χ1v) is 10.9. The third-order valence-electron chi connectivity index (χ3n) is 5.75. The molecule has 0 bridgehead atoms. The van der Waals surface area contributed by atoms with Gasteiger partial charge in [-0.3, -0.25) is 9.69 Å². The molecular weight excluding hydrogens is 384 g/mol. The summed E-state index contributed by atoms with van der Waals surface area (Å²) in [5.41, 5.74) is 3.30. The molecule has 1 aliphatic rings. The summed E-state index contributed by atoms with van der Waals surface area (Å²) < 4.78 is 5.75. The van der Waals surface area contributed by atoms with Crippen molar-refractivity contribution in [2.75, 3.05) is 26.2 Å². The standard InChI is InChI=1S/C24H31ClN2O2/c1-18-10-9-13-23(19(18)2)29-17-24(28)26-16-22(20-11-5-6-12-21(20)25)27-14-7-3-4-8-15-27/h5-6,9-13,22H,3-4,7-8,14-17H2,1-2H3,(H,26,28)/t22-/m1/s1. The molecule has 2 aromatic carbocycles. The van der Waals surface area contributed by atoms with Crippen LogP contribution in [0.15, 0.2) is 42.5 Å². The van der Waals surface area contributed by atoms with Crippen molar-refractivity contribution in [2.24, 2.45) is 0 Å². The molecule has 0 aromatic heterocycles. The van der Waals surface area contributed by atoms with Gasteiger partial charge in [0.25, 0.3) is 5.91 Å². The zero-order chi connectivity index (χ0) is 20.6. The lowest BCUT2D eigenvalue weighted by molar-refractivity contribution is -0.123. The van der Waals surface area contributed by atoms with Crippen LogP contribution in [0.1, 0.15) is 48.4 Å². The van der Waals surface area contributed by atoms with E-state index in [2.05, 4.69) is 16.3 Å². The van der Waals surface area contributed by atoms with E-state index in [1.165, 1.54) is 25.7 Å². The molecular formula is C24H31ClN2O2. The number of aryl methyl sites for hydroxylation is 1. The molecule has 0 spiro atoms. The Morgan fingerprint density at radius 2 is 1.79 bits per heavy atom. The van der Waals surface area contributed by atoms with Crippen LogP contribution >= 0.6 is 11.6 Å². The first kappa shape index (κ1) is 21.7. The summed E-state index contributed by atoms with van der Waals surface area (Å²) in [5.74, 6) is 0.646. The number of likely N-dealkylation sites (tertiary alicyclic amines) is 1. The number of benzene rings is 2. The Hall–Kier alpha value is -2.04. The molecule has 0 saturated carbocycles. The van der Waals surface area contributed by atoms with Crippen LogP contribution in [0, 0.1) is 13.8 Å². The predicted molar refractivity (Wildman–Crippen MR) is 119 cm³/mol. The molecule has 0 unspecified atom stereocenters. The molecule has 4 nitrogen and oxygen atoms in total. The van der Waals surface area contributed by atoms with Gasteiger partial charge in [-0.15, -0.1) is 0 Å². The smallest absolute Gasteiger partial charge is 0.258 e. The van der Waals surface area contributed by atoms with Gasteiger partial charge in [-0.25, -0.2) is 0 Å². The number of carbonyl (C=O) groups is 1. The predicted octanol–water partition coefficient (Wildman–Crippen LogP) is 5.07. The lowest BCUT2D eigenvalue weighted by Crippen LogP contribution is -2.40. The Morgan fingerprint density at radius 3 is 2.52 bits per heavy atom. The quantitative estimate of drug-likeness (QED) is 0.687. The highest BCUT2D eigenvalue weighted by molar-refractivity contribution is 6.31. The van der Waals surface area contributed by atoms with Crippen LogP contribution in [0.5, 0.6) is 5.75 Å². The summed E-state index contributed by atoms with van der Waals surface area (Å²) in [6, 6.07) is 13.9. The van der Waals surface area contributed by atoms with Crippen LogP contribution in [-0.4, -0.2) is 37.0 Å². The highest BCUT2D eigenvalue weighted by Crippen LogP contribution is 2.29. The van der Waals surface area contributed by atoms with Crippen LogP contribution in [0.2, 0.25) is 5.02 Å². The van der Waals surface area contributed by atoms with Crippen LogP contribution in [0.3, 0.4) is 0 Å². The van der Waals surface area contributed by atoms with E-state index in [9.17, 15) is 4.79 Å². The number of amides is 1. The van der Waals surface area contributed by atoms with Crippen molar-refractivity contribution in [2.45, 2.75) is 45.6 Å². The highest BCUT2D eigenvalue weighted by atomic mass is 35.5. The molecule has 1 N–H and O–H groups in total. The molecule has 0 radical (unpaired) electrons. The van der Waals surface area contributed by atoms with Crippen molar-refractivity contribution in [3.8, 4) is 5.75 Å². The van der Waals surface area contributed by atoms with Gasteiger partial charge in [0, 0.05) is 11.6 Å². The Morgan fingerprint density at radius 1 is 1.07 bits per heavy atom. The van der Waals surface area contributed by atoms with Gasteiger partial charge < -0.3 is 10.1 Å². The molecule has 1 aliphatic heterocycles. The molecule has 1 fully saturated rings. The van der Waals surface area contributed by atoms with Gasteiger partial charge >= 0.3 is 0 Å². The van der Waals surface area contributed by atoms with Crippen molar-refractivity contribution >= 4 is 17.5 Å². The van der Waals surface area contributed by atoms with Gasteiger partial charge in [0.1, 0.15) is 5.75 Å². The second-order valence-corrected chi connectivity index (χ2v) is 8.19. The zero-order valence-electron chi connectivity index (χ0n) is 17.4. The van der Waals surface area contributed by atoms with E-state index in [4.69, 9.17) is 16.3 Å². The topological polar surface area (TPSA) is 41.6 Å². The maximum atomic E-state index is 12.5. The van der Waals surface area contributed by atoms with E-state index in [1.54, 1.807) is 0 Å². The molecule has 3 rings (SSSR count). The average molecular weight is 415 g/mol. The van der Waals surface area contributed by atoms with Crippen LogP contribution < -0.4 is 10.1 Å². The number of halogens is 1. The normalized spacial score (nSPS) is 16.1. The van der Waals surface area contributed by atoms with Gasteiger partial charge in [0.05, 0.1) is 6.04 Å². The molecule has 29 heavy (non-hydrogen) atoms.